The molecule has 0 saturated carbocycles. The van der Waals surface area contributed by atoms with Gasteiger partial charge < -0.3 is 14.8 Å². The number of benzene rings is 2. The average Bonchev–Trinajstić information content (AvgIpc) is 3.07. The molecule has 1 N–H and O–H groups in total. The van der Waals surface area contributed by atoms with Gasteiger partial charge >= 0.3 is 5.97 Å². The van der Waals surface area contributed by atoms with E-state index in [1.54, 1.807) is 0 Å². The molecule has 3 rings (SSSR count). The summed E-state index contributed by atoms with van der Waals surface area (Å²) in [7, 11) is 1.34. The first kappa shape index (κ1) is 23.5. The zero-order chi connectivity index (χ0) is 23.5. The highest BCUT2D eigenvalue weighted by Gasteiger charge is 2.25. The van der Waals surface area contributed by atoms with Gasteiger partial charge in [0.2, 0.25) is 0 Å². The lowest BCUT2D eigenvalue weighted by atomic mass is 9.85. The molecule has 1 heterocycles. The number of carbonyl (C=O) groups is 2. The Morgan fingerprint density at radius 2 is 1.72 bits per heavy atom. The number of methoxy groups -OCH3 is 1. The van der Waals surface area contributed by atoms with Crippen LogP contribution in [0.15, 0.2) is 48.5 Å². The first-order chi connectivity index (χ1) is 15.1. The van der Waals surface area contributed by atoms with Crippen LogP contribution in [0.3, 0.4) is 0 Å². The largest absolute Gasteiger partial charge is 0.483 e. The zero-order valence-corrected chi connectivity index (χ0v) is 20.2. The van der Waals surface area contributed by atoms with Crippen molar-refractivity contribution in [2.75, 3.05) is 19.0 Å². The van der Waals surface area contributed by atoms with E-state index >= 15 is 0 Å². The molecular weight excluding hydrogens is 422 g/mol. The maximum absolute atomic E-state index is 12.8. The summed E-state index contributed by atoms with van der Waals surface area (Å²) in [5.41, 5.74) is 4.09. The Hall–Kier alpha value is -3.12. The van der Waals surface area contributed by atoms with E-state index in [0.29, 0.717) is 16.3 Å². The molecule has 0 aliphatic carbocycles. The molecule has 32 heavy (non-hydrogen) atoms. The molecule has 1 aromatic heterocycles. The number of carbonyl (C=O) groups excluding carboxylic acids is 2. The fraction of sp³-hybridized carbons (Fsp3) is 0.308. The summed E-state index contributed by atoms with van der Waals surface area (Å²) < 4.78 is 10.9. The van der Waals surface area contributed by atoms with Crippen molar-refractivity contribution in [1.82, 2.24) is 0 Å². The van der Waals surface area contributed by atoms with Gasteiger partial charge in [0.15, 0.2) is 6.61 Å². The fourth-order valence-electron chi connectivity index (χ4n) is 3.54. The minimum absolute atomic E-state index is 0.120. The lowest BCUT2D eigenvalue weighted by Crippen LogP contribution is -2.22. The predicted octanol–water partition coefficient (Wildman–Crippen LogP) is 6.13. The second-order valence-electron chi connectivity index (χ2n) is 8.68. The number of hydrogen-bond donors (Lipinski definition) is 1. The van der Waals surface area contributed by atoms with E-state index in [1.165, 1.54) is 18.4 Å². The topological polar surface area (TPSA) is 64.6 Å². The van der Waals surface area contributed by atoms with Gasteiger partial charge in [0.1, 0.15) is 16.3 Å². The summed E-state index contributed by atoms with van der Waals surface area (Å²) in [6.45, 7) is 10.1. The van der Waals surface area contributed by atoms with Crippen molar-refractivity contribution in [2.24, 2.45) is 0 Å². The predicted molar refractivity (Wildman–Crippen MR) is 130 cm³/mol. The summed E-state index contributed by atoms with van der Waals surface area (Å²) in [6.07, 6.45) is 0. The summed E-state index contributed by atoms with van der Waals surface area (Å²) in [4.78, 5) is 26.3. The van der Waals surface area contributed by atoms with E-state index in [4.69, 9.17) is 9.47 Å². The Morgan fingerprint density at radius 3 is 2.34 bits per heavy atom. The molecule has 3 aromatic rings. The molecule has 0 fully saturated rings. The molecule has 0 aliphatic rings. The van der Waals surface area contributed by atoms with Crippen LogP contribution < -0.4 is 10.1 Å². The van der Waals surface area contributed by atoms with Crippen LogP contribution in [0, 0.1) is 13.8 Å². The van der Waals surface area contributed by atoms with Gasteiger partial charge in [0.05, 0.1) is 7.11 Å². The van der Waals surface area contributed by atoms with E-state index < -0.39 is 5.97 Å². The number of amides is 1. The Bertz CT molecular complexity index is 1130. The van der Waals surface area contributed by atoms with Crippen molar-refractivity contribution >= 4 is 28.2 Å². The molecule has 0 unspecified atom stereocenters. The first-order valence-corrected chi connectivity index (χ1v) is 11.2. The van der Waals surface area contributed by atoms with Gasteiger partial charge in [-0.15, -0.1) is 11.3 Å². The Balaban J connectivity index is 1.84. The van der Waals surface area contributed by atoms with Gasteiger partial charge in [-0.1, -0.05) is 68.8 Å². The molecule has 6 heteroatoms. The van der Waals surface area contributed by atoms with Crippen LogP contribution in [-0.2, 0) is 14.9 Å². The Kier molecular flexibility index (Phi) is 7.04. The van der Waals surface area contributed by atoms with E-state index in [0.717, 1.165) is 27.1 Å². The number of thiophene rings is 1. The van der Waals surface area contributed by atoms with Gasteiger partial charge in [-0.25, -0.2) is 4.79 Å². The smallest absolute Gasteiger partial charge is 0.341 e. The highest BCUT2D eigenvalue weighted by atomic mass is 32.1. The summed E-state index contributed by atoms with van der Waals surface area (Å²) in [5.74, 6) is -0.145. The van der Waals surface area contributed by atoms with E-state index in [2.05, 4.69) is 32.2 Å². The van der Waals surface area contributed by atoms with Crippen molar-refractivity contribution in [3.63, 3.8) is 0 Å². The van der Waals surface area contributed by atoms with Crippen molar-refractivity contribution in [2.45, 2.75) is 40.0 Å². The minimum atomic E-state index is -0.488. The molecule has 5 nitrogen and oxygen atoms in total. The number of esters is 1. The van der Waals surface area contributed by atoms with Crippen LogP contribution in [0.25, 0.3) is 11.1 Å². The second-order valence-corrected chi connectivity index (χ2v) is 9.91. The molecule has 2 aromatic carbocycles. The quantitative estimate of drug-likeness (QED) is 0.458. The number of hydrogen-bond acceptors (Lipinski definition) is 5. The number of ether oxygens (including phenoxy) is 2. The van der Waals surface area contributed by atoms with E-state index in [-0.39, 0.29) is 17.9 Å². The van der Waals surface area contributed by atoms with Crippen LogP contribution in [-0.4, -0.2) is 25.6 Å². The van der Waals surface area contributed by atoms with Crippen LogP contribution in [0.2, 0.25) is 0 Å². The van der Waals surface area contributed by atoms with Crippen molar-refractivity contribution < 1.29 is 19.1 Å². The lowest BCUT2D eigenvalue weighted by molar-refractivity contribution is -0.118. The lowest BCUT2D eigenvalue weighted by Gasteiger charge is -2.23. The molecule has 1 amide bonds. The van der Waals surface area contributed by atoms with Gasteiger partial charge in [-0.2, -0.15) is 0 Å². The highest BCUT2D eigenvalue weighted by molar-refractivity contribution is 7.17. The van der Waals surface area contributed by atoms with Crippen LogP contribution >= 0.6 is 11.3 Å². The third-order valence-corrected chi connectivity index (χ3v) is 6.11. The number of aryl methyl sites for hydroxylation is 2. The Morgan fingerprint density at radius 1 is 1.03 bits per heavy atom. The normalized spacial score (nSPS) is 11.2. The van der Waals surface area contributed by atoms with Crippen LogP contribution in [0.1, 0.15) is 47.1 Å². The molecule has 0 aliphatic heterocycles. The van der Waals surface area contributed by atoms with E-state index in [1.807, 2.05) is 56.3 Å². The highest BCUT2D eigenvalue weighted by Crippen LogP contribution is 2.40. The zero-order valence-electron chi connectivity index (χ0n) is 19.4. The van der Waals surface area contributed by atoms with Gasteiger partial charge in [-0.05, 0) is 36.5 Å². The minimum Gasteiger partial charge on any atom is -0.483 e. The average molecular weight is 452 g/mol. The van der Waals surface area contributed by atoms with Crippen molar-refractivity contribution in [3.05, 3.63) is 70.1 Å². The van der Waals surface area contributed by atoms with Gasteiger partial charge in [0, 0.05) is 10.4 Å². The third kappa shape index (κ3) is 5.19. The standard InChI is InChI=1S/C26H29NO4S/c1-16-12-13-20(19(14-16)26(3,4)5)31-15-21(28)27-24-23(25(29)30-6)22(17(2)32-24)18-10-8-7-9-11-18/h7-14H,15H2,1-6H3,(H,27,28). The van der Waals surface area contributed by atoms with Crippen molar-refractivity contribution in [3.8, 4) is 16.9 Å². The van der Waals surface area contributed by atoms with Gasteiger partial charge in [-0.3, -0.25) is 4.79 Å². The summed E-state index contributed by atoms with van der Waals surface area (Å²) in [6, 6.07) is 15.5. The summed E-state index contributed by atoms with van der Waals surface area (Å²) in [5, 5.41) is 3.31. The fourth-order valence-corrected chi connectivity index (χ4v) is 4.62. The molecule has 0 radical (unpaired) electrons. The number of nitrogens with one attached hydrogen (secondary N) is 1. The monoisotopic (exact) mass is 451 g/mol. The van der Waals surface area contributed by atoms with Crippen LogP contribution in [0.5, 0.6) is 5.75 Å². The van der Waals surface area contributed by atoms with E-state index in [9.17, 15) is 9.59 Å². The third-order valence-electron chi connectivity index (χ3n) is 5.09. The first-order valence-electron chi connectivity index (χ1n) is 10.4. The molecule has 168 valence electrons. The molecule has 0 saturated heterocycles. The second kappa shape index (κ2) is 9.57. The summed E-state index contributed by atoms with van der Waals surface area (Å²) >= 11 is 1.35. The van der Waals surface area contributed by atoms with Gasteiger partial charge in [0.25, 0.3) is 5.91 Å². The van der Waals surface area contributed by atoms with Crippen LogP contribution in [0.4, 0.5) is 5.00 Å². The Labute approximate surface area is 193 Å². The molecule has 0 atom stereocenters. The maximum Gasteiger partial charge on any atom is 0.341 e. The molecular formula is C26H29NO4S. The SMILES string of the molecule is COC(=O)c1c(NC(=O)COc2ccc(C)cc2C(C)(C)C)sc(C)c1-c1ccccc1. The van der Waals surface area contributed by atoms with Crippen molar-refractivity contribution in [1.29, 1.82) is 0 Å². The maximum atomic E-state index is 12.8. The number of rotatable bonds is 6. The number of anilines is 1. The molecule has 0 spiro atoms. The molecule has 0 bridgehead atoms.